The molecule has 1 amide bonds. The number of amides is 1. The molecule has 0 radical (unpaired) electrons. The Bertz CT molecular complexity index is 1140. The zero-order valence-electron chi connectivity index (χ0n) is 17.5. The Morgan fingerprint density at radius 3 is 2.72 bits per heavy atom. The largest absolute Gasteiger partial charge is 0.351 e. The summed E-state index contributed by atoms with van der Waals surface area (Å²) in [6.07, 6.45) is 5.84. The molecule has 32 heavy (non-hydrogen) atoms. The fourth-order valence-corrected chi connectivity index (χ4v) is 4.83. The summed E-state index contributed by atoms with van der Waals surface area (Å²) < 4.78 is 16.7. The Morgan fingerprint density at radius 2 is 1.94 bits per heavy atom. The van der Waals surface area contributed by atoms with Crippen molar-refractivity contribution in [3.8, 4) is 11.4 Å². The van der Waals surface area contributed by atoms with Crippen LogP contribution >= 0.6 is 22.9 Å². The average Bonchev–Trinajstić information content (AvgIpc) is 2.80. The van der Waals surface area contributed by atoms with Crippen molar-refractivity contribution in [3.05, 3.63) is 66.4 Å². The molecule has 7 nitrogen and oxygen atoms in total. The van der Waals surface area contributed by atoms with Gasteiger partial charge >= 0.3 is 0 Å². The van der Waals surface area contributed by atoms with E-state index in [-0.39, 0.29) is 23.3 Å². The van der Waals surface area contributed by atoms with Crippen molar-refractivity contribution in [1.82, 2.24) is 19.9 Å². The van der Waals surface area contributed by atoms with Crippen LogP contribution < -0.4 is 8.01 Å². The number of rotatable bonds is 4. The lowest BCUT2D eigenvalue weighted by atomic mass is 9.82. The molecule has 0 unspecified atom stereocenters. The zero-order valence-corrected chi connectivity index (χ0v) is 19.7. The van der Waals surface area contributed by atoms with Crippen molar-refractivity contribution in [3.63, 3.8) is 0 Å². The van der Waals surface area contributed by atoms with Gasteiger partial charge in [0, 0.05) is 57.3 Å². The van der Waals surface area contributed by atoms with E-state index in [2.05, 4.69) is 48.8 Å². The van der Waals surface area contributed by atoms with E-state index in [1.165, 1.54) is 6.07 Å². The first kappa shape index (κ1) is 21.0. The third kappa shape index (κ3) is 3.78. The molecule has 2 aliphatic rings. The molecule has 0 spiro atoms. The van der Waals surface area contributed by atoms with E-state index < -0.39 is 5.82 Å². The van der Waals surface area contributed by atoms with Crippen molar-refractivity contribution in [2.24, 2.45) is 5.92 Å². The minimum absolute atomic E-state index is 0.158. The maximum atomic E-state index is 14.7. The second-order valence-corrected chi connectivity index (χ2v) is 9.55. The molecule has 3 aromatic rings. The quantitative estimate of drug-likeness (QED) is 0.368. The van der Waals surface area contributed by atoms with Gasteiger partial charge in [0.1, 0.15) is 11.6 Å². The van der Waals surface area contributed by atoms with Crippen molar-refractivity contribution in [1.29, 1.82) is 0 Å². The number of nitrogens with zero attached hydrogens (tertiary/aromatic N) is 6. The third-order valence-corrected chi connectivity index (χ3v) is 6.81. The maximum Gasteiger partial charge on any atom is 0.254 e. The van der Waals surface area contributed by atoms with Gasteiger partial charge in [-0.25, -0.2) is 19.3 Å². The Morgan fingerprint density at radius 1 is 1.12 bits per heavy atom. The number of anilines is 2. The van der Waals surface area contributed by atoms with E-state index >= 15 is 0 Å². The summed E-state index contributed by atoms with van der Waals surface area (Å²) in [6.45, 7) is 2.18. The van der Waals surface area contributed by atoms with Crippen LogP contribution in [0, 0.1) is 11.7 Å². The normalized spacial score (nSPS) is 19.8. The average molecular weight is 544 g/mol. The van der Waals surface area contributed by atoms with Gasteiger partial charge in [-0.05, 0) is 30.7 Å². The van der Waals surface area contributed by atoms with E-state index in [9.17, 15) is 9.18 Å². The summed E-state index contributed by atoms with van der Waals surface area (Å²) in [5, 5.41) is 0. The first-order valence-electron chi connectivity index (χ1n) is 10.5. The van der Waals surface area contributed by atoms with Crippen LogP contribution in [0.2, 0.25) is 0 Å². The first-order chi connectivity index (χ1) is 15.5. The molecular formula is C23H22FIN6O. The Kier molecular flexibility index (Phi) is 5.66. The molecule has 164 valence electrons. The fourth-order valence-electron chi connectivity index (χ4n) is 4.53. The van der Waals surface area contributed by atoms with Crippen molar-refractivity contribution in [2.45, 2.75) is 12.5 Å². The molecule has 9 heteroatoms. The second-order valence-electron chi connectivity index (χ2n) is 8.10. The number of hydrogen-bond acceptors (Lipinski definition) is 6. The molecule has 2 atom stereocenters. The van der Waals surface area contributed by atoms with Crippen LogP contribution in [0.25, 0.3) is 11.4 Å². The highest BCUT2D eigenvalue weighted by atomic mass is 127. The van der Waals surface area contributed by atoms with Crippen LogP contribution in [0.4, 0.5) is 15.9 Å². The Labute approximate surface area is 199 Å². The molecular weight excluding hydrogens is 522 g/mol. The predicted molar refractivity (Wildman–Crippen MR) is 129 cm³/mol. The highest BCUT2D eigenvalue weighted by Crippen LogP contribution is 2.37. The van der Waals surface area contributed by atoms with Crippen LogP contribution in [0.15, 0.2) is 55.0 Å². The summed E-state index contributed by atoms with van der Waals surface area (Å²) in [6, 6.07) is 10.5. The molecule has 2 aliphatic heterocycles. The van der Waals surface area contributed by atoms with Crippen LogP contribution in [0.3, 0.4) is 0 Å². The zero-order chi connectivity index (χ0) is 22.2. The SMILES string of the molecule is CN(I)c1ccnc(N2C[C@@H]3CCN(C(=O)c4cccc(F)c4-c4ncccn4)C[C@@H]32)c1. The van der Waals surface area contributed by atoms with Gasteiger partial charge in [-0.3, -0.25) is 4.79 Å². The number of benzene rings is 1. The topological polar surface area (TPSA) is 65.5 Å². The van der Waals surface area contributed by atoms with Gasteiger partial charge in [0.2, 0.25) is 0 Å². The lowest BCUT2D eigenvalue weighted by Gasteiger charge is -2.54. The van der Waals surface area contributed by atoms with Crippen LogP contribution in [0.5, 0.6) is 0 Å². The molecule has 2 aromatic heterocycles. The summed E-state index contributed by atoms with van der Waals surface area (Å²) >= 11 is 2.24. The highest BCUT2D eigenvalue weighted by molar-refractivity contribution is 14.1. The second kappa shape index (κ2) is 8.61. The number of aromatic nitrogens is 3. The monoisotopic (exact) mass is 544 g/mol. The number of hydrogen-bond donors (Lipinski definition) is 0. The predicted octanol–water partition coefficient (Wildman–Crippen LogP) is 3.81. The summed E-state index contributed by atoms with van der Waals surface area (Å²) in [5.74, 6) is 0.993. The van der Waals surface area contributed by atoms with Gasteiger partial charge in [0.15, 0.2) is 5.82 Å². The molecule has 2 saturated heterocycles. The van der Waals surface area contributed by atoms with E-state index in [1.54, 1.807) is 30.6 Å². The maximum absolute atomic E-state index is 14.7. The van der Waals surface area contributed by atoms with E-state index in [0.29, 0.717) is 24.6 Å². The minimum atomic E-state index is -0.494. The van der Waals surface area contributed by atoms with Gasteiger partial charge in [-0.2, -0.15) is 0 Å². The van der Waals surface area contributed by atoms with E-state index in [1.807, 2.05) is 27.3 Å². The van der Waals surface area contributed by atoms with Crippen LogP contribution in [-0.4, -0.2) is 58.5 Å². The van der Waals surface area contributed by atoms with Crippen LogP contribution in [-0.2, 0) is 0 Å². The lowest BCUT2D eigenvalue weighted by molar-refractivity contribution is 0.0591. The Balaban J connectivity index is 1.39. The van der Waals surface area contributed by atoms with Gasteiger partial charge < -0.3 is 12.9 Å². The number of piperidine rings is 1. The number of halogens is 2. The molecule has 2 fully saturated rings. The summed E-state index contributed by atoms with van der Waals surface area (Å²) in [4.78, 5) is 30.4. The minimum Gasteiger partial charge on any atom is -0.351 e. The van der Waals surface area contributed by atoms with Gasteiger partial charge in [-0.15, -0.1) is 0 Å². The molecule has 1 aromatic carbocycles. The third-order valence-electron chi connectivity index (χ3n) is 6.25. The molecule has 4 heterocycles. The molecule has 0 aliphatic carbocycles. The number of likely N-dealkylation sites (tertiary alicyclic amines) is 1. The van der Waals surface area contributed by atoms with Crippen molar-refractivity contribution in [2.75, 3.05) is 34.7 Å². The lowest BCUT2D eigenvalue weighted by Crippen LogP contribution is -2.65. The van der Waals surface area contributed by atoms with Gasteiger partial charge in [0.05, 0.1) is 45.7 Å². The standard InChI is InChI=1S/C23H22FIN6O/c1-29(25)16-6-10-26-20(12-16)31-13-15-7-11-30(14-19(15)31)23(32)17-4-2-5-18(24)21(17)22-27-8-3-9-28-22/h2-6,8-10,12,15,19H,7,11,13-14H2,1H3/t15-,19-/m0/s1. The molecule has 0 N–H and O–H groups in total. The number of carbonyl (C=O) groups is 1. The highest BCUT2D eigenvalue weighted by Gasteiger charge is 2.44. The number of fused-ring (bicyclic) bond motifs is 1. The van der Waals surface area contributed by atoms with Crippen molar-refractivity contribution >= 4 is 40.3 Å². The van der Waals surface area contributed by atoms with Crippen LogP contribution in [0.1, 0.15) is 16.8 Å². The van der Waals surface area contributed by atoms with E-state index in [0.717, 1.165) is 24.5 Å². The van der Waals surface area contributed by atoms with Gasteiger partial charge in [-0.1, -0.05) is 6.07 Å². The van der Waals surface area contributed by atoms with Gasteiger partial charge in [0.25, 0.3) is 5.91 Å². The first-order valence-corrected chi connectivity index (χ1v) is 11.5. The molecule has 0 saturated carbocycles. The Hall–Kier alpha value is -2.82. The molecule has 5 rings (SSSR count). The number of pyridine rings is 1. The smallest absolute Gasteiger partial charge is 0.254 e. The van der Waals surface area contributed by atoms with Crippen molar-refractivity contribution < 1.29 is 9.18 Å². The van der Waals surface area contributed by atoms with E-state index in [4.69, 9.17) is 0 Å². The number of carbonyl (C=O) groups excluding carboxylic acids is 1. The summed E-state index contributed by atoms with van der Waals surface area (Å²) in [7, 11) is 1.99. The summed E-state index contributed by atoms with van der Waals surface area (Å²) in [5.41, 5.74) is 1.53. The fraction of sp³-hybridized carbons (Fsp3) is 0.304. The molecule has 0 bridgehead atoms.